The Balaban J connectivity index is 0.00000337. The minimum Gasteiger partial charge on any atom is -0.467 e. The number of nitrogens with one attached hydrogen (secondary N) is 1. The SMILES string of the molecule is Cc1ccccc1-c1cc2nc(n1)NS(O)(O)c1cccc(c1)C(=O)N1Cc3ccccc3[C@H](O2)[C@H]1CC(C)C.[HH]. The second kappa shape index (κ2) is 10.2. The first-order valence-corrected chi connectivity index (χ1v) is 14.9. The molecule has 6 bridgehead atoms. The van der Waals surface area contributed by atoms with Gasteiger partial charge in [-0.3, -0.25) is 13.9 Å². The van der Waals surface area contributed by atoms with E-state index < -0.39 is 16.9 Å². The molecule has 208 valence electrons. The highest BCUT2D eigenvalue weighted by atomic mass is 32.3. The summed E-state index contributed by atoms with van der Waals surface area (Å²) >= 11 is 0. The van der Waals surface area contributed by atoms with Gasteiger partial charge in [0.05, 0.1) is 16.6 Å². The zero-order valence-electron chi connectivity index (χ0n) is 22.6. The molecule has 9 heteroatoms. The summed E-state index contributed by atoms with van der Waals surface area (Å²) in [5, 5.41) is 0. The fourth-order valence-corrected chi connectivity index (χ4v) is 6.57. The predicted octanol–water partition coefficient (Wildman–Crippen LogP) is 7.34. The number of carbonyl (C=O) groups is 1. The molecule has 2 atom stereocenters. The number of rotatable bonds is 3. The van der Waals surface area contributed by atoms with Gasteiger partial charge in [0.15, 0.2) is 0 Å². The van der Waals surface area contributed by atoms with Gasteiger partial charge < -0.3 is 9.64 Å². The first-order valence-electron chi connectivity index (χ1n) is 13.4. The Labute approximate surface area is 237 Å². The predicted molar refractivity (Wildman–Crippen MR) is 158 cm³/mol. The summed E-state index contributed by atoms with van der Waals surface area (Å²) < 4.78 is 31.8. The maximum absolute atomic E-state index is 14.1. The molecule has 0 unspecified atom stereocenters. The van der Waals surface area contributed by atoms with Crippen LogP contribution in [0.5, 0.6) is 5.88 Å². The minimum atomic E-state index is -3.60. The summed E-state index contributed by atoms with van der Waals surface area (Å²) in [6.07, 6.45) is 0.216. The van der Waals surface area contributed by atoms with Crippen molar-refractivity contribution in [2.45, 2.75) is 50.8 Å². The lowest BCUT2D eigenvalue weighted by molar-refractivity contribution is 0.0241. The second-order valence-electron chi connectivity index (χ2n) is 10.8. The van der Waals surface area contributed by atoms with Gasteiger partial charge >= 0.3 is 0 Å². The third-order valence-corrected chi connectivity index (χ3v) is 8.82. The highest BCUT2D eigenvalue weighted by Crippen LogP contribution is 2.48. The number of ether oxygens (including phenoxy) is 1. The topological polar surface area (TPSA) is 108 Å². The van der Waals surface area contributed by atoms with Gasteiger partial charge in [-0.15, -0.1) is 0 Å². The monoisotopic (exact) mass is 558 g/mol. The Morgan fingerprint density at radius 1 is 1.05 bits per heavy atom. The molecule has 40 heavy (non-hydrogen) atoms. The van der Waals surface area contributed by atoms with Crippen LogP contribution in [0.1, 0.15) is 54.8 Å². The van der Waals surface area contributed by atoms with Crippen molar-refractivity contribution in [3.63, 3.8) is 0 Å². The Kier molecular flexibility index (Phi) is 6.74. The number of hydrogen-bond acceptors (Lipinski definition) is 7. The number of nitrogens with zero attached hydrogens (tertiary/aromatic N) is 3. The van der Waals surface area contributed by atoms with Crippen molar-refractivity contribution in [1.82, 2.24) is 14.9 Å². The fourth-order valence-electron chi connectivity index (χ4n) is 5.54. The molecule has 4 aromatic rings. The van der Waals surface area contributed by atoms with E-state index in [1.165, 1.54) is 6.07 Å². The van der Waals surface area contributed by atoms with Gasteiger partial charge in [-0.2, -0.15) is 4.98 Å². The van der Waals surface area contributed by atoms with Crippen LogP contribution in [0.25, 0.3) is 11.3 Å². The summed E-state index contributed by atoms with van der Waals surface area (Å²) in [7, 11) is -3.60. The quantitative estimate of drug-likeness (QED) is 0.241. The van der Waals surface area contributed by atoms with E-state index in [0.29, 0.717) is 24.2 Å². The zero-order valence-corrected chi connectivity index (χ0v) is 23.4. The van der Waals surface area contributed by atoms with Crippen molar-refractivity contribution in [1.29, 1.82) is 0 Å². The number of aryl methyl sites for hydroxylation is 1. The van der Waals surface area contributed by atoms with E-state index in [9.17, 15) is 13.9 Å². The van der Waals surface area contributed by atoms with Crippen molar-refractivity contribution in [3.05, 3.63) is 101 Å². The molecule has 2 aliphatic rings. The molecule has 6 rings (SSSR count). The molecule has 0 saturated heterocycles. The van der Waals surface area contributed by atoms with Crippen LogP contribution in [0, 0.1) is 12.8 Å². The smallest absolute Gasteiger partial charge is 0.254 e. The summed E-state index contributed by atoms with van der Waals surface area (Å²) in [5.41, 5.74) is 4.85. The van der Waals surface area contributed by atoms with Gasteiger partial charge in [-0.1, -0.05) is 79.2 Å². The van der Waals surface area contributed by atoms with Crippen molar-refractivity contribution in [2.75, 3.05) is 4.72 Å². The maximum atomic E-state index is 14.1. The molecular formula is C31H34N4O4S. The van der Waals surface area contributed by atoms with Crippen LogP contribution >= 0.6 is 10.8 Å². The molecule has 0 radical (unpaired) electrons. The zero-order chi connectivity index (χ0) is 28.0. The Morgan fingerprint density at radius 3 is 2.62 bits per heavy atom. The molecule has 8 nitrogen and oxygen atoms in total. The molecule has 3 heterocycles. The molecule has 3 aromatic carbocycles. The van der Waals surface area contributed by atoms with E-state index in [1.54, 1.807) is 24.3 Å². The third kappa shape index (κ3) is 4.92. The van der Waals surface area contributed by atoms with E-state index in [4.69, 9.17) is 4.74 Å². The Bertz CT molecular complexity index is 1600. The maximum Gasteiger partial charge on any atom is 0.254 e. The van der Waals surface area contributed by atoms with Crippen LogP contribution in [-0.2, 0) is 6.54 Å². The number of hydrogen-bond donors (Lipinski definition) is 3. The van der Waals surface area contributed by atoms with Gasteiger partial charge in [-0.05, 0) is 54.2 Å². The number of carbonyl (C=O) groups excluding carboxylic acids is 1. The van der Waals surface area contributed by atoms with Gasteiger partial charge in [0, 0.05) is 25.2 Å². The third-order valence-electron chi connectivity index (χ3n) is 7.44. The minimum absolute atomic E-state index is 0. The van der Waals surface area contributed by atoms with Crippen molar-refractivity contribution >= 4 is 22.6 Å². The number of anilines is 1. The van der Waals surface area contributed by atoms with Gasteiger partial charge in [0.1, 0.15) is 6.10 Å². The first kappa shape index (κ1) is 26.3. The van der Waals surface area contributed by atoms with Gasteiger partial charge in [0.25, 0.3) is 5.91 Å². The van der Waals surface area contributed by atoms with E-state index in [1.807, 2.05) is 60.4 Å². The lowest BCUT2D eigenvalue weighted by atomic mass is 9.86. The summed E-state index contributed by atoms with van der Waals surface area (Å²) in [5.74, 6) is 0.395. The fraction of sp³-hybridized carbons (Fsp3) is 0.258. The molecule has 0 fully saturated rings. The molecule has 1 amide bonds. The number of aromatic nitrogens is 2. The van der Waals surface area contributed by atoms with E-state index in [-0.39, 0.29) is 36.0 Å². The Morgan fingerprint density at radius 2 is 1.82 bits per heavy atom. The van der Waals surface area contributed by atoms with E-state index >= 15 is 0 Å². The summed E-state index contributed by atoms with van der Waals surface area (Å²) in [4.78, 5) is 25.3. The lowest BCUT2D eigenvalue weighted by Crippen LogP contribution is -2.49. The lowest BCUT2D eigenvalue weighted by Gasteiger charge is -2.43. The number of amides is 1. The highest BCUT2D eigenvalue weighted by molar-refractivity contribution is 8.25. The van der Waals surface area contributed by atoms with Crippen LogP contribution < -0.4 is 9.46 Å². The van der Waals surface area contributed by atoms with Crippen molar-refractivity contribution in [2.24, 2.45) is 5.92 Å². The largest absolute Gasteiger partial charge is 0.467 e. The first-order chi connectivity index (χ1) is 19.2. The number of fused-ring (bicyclic) bond motifs is 8. The second-order valence-corrected chi connectivity index (χ2v) is 12.5. The molecular weight excluding hydrogens is 524 g/mol. The average Bonchev–Trinajstić information content (AvgIpc) is 2.93. The van der Waals surface area contributed by atoms with Gasteiger partial charge in [-0.25, -0.2) is 9.71 Å². The van der Waals surface area contributed by atoms with Crippen LogP contribution in [0.15, 0.2) is 83.8 Å². The molecule has 0 saturated carbocycles. The molecule has 3 N–H and O–H groups in total. The van der Waals surface area contributed by atoms with Crippen LogP contribution in [0.2, 0.25) is 0 Å². The van der Waals surface area contributed by atoms with Crippen LogP contribution in [0.3, 0.4) is 0 Å². The standard InChI is InChI=1S/C31H32N4O4S.H2/c1-19(2)15-27-29-25-14-7-5-10-22(25)18-35(27)30(36)21-11-8-12-23(16-21)40(37,38)34-31-32-26(17-28(33-31)39-29)24-13-6-4-9-20(24)3;/h4-14,16-17,19,27,29,37-38H,15,18H2,1-3H3,(H,32,33,34);1H/t27-,29+;/m1./s1. The summed E-state index contributed by atoms with van der Waals surface area (Å²) in [6.45, 7) is 6.68. The van der Waals surface area contributed by atoms with Gasteiger partial charge in [0.2, 0.25) is 11.8 Å². The molecule has 0 spiro atoms. The highest BCUT2D eigenvalue weighted by Gasteiger charge is 2.40. The van der Waals surface area contributed by atoms with Crippen LogP contribution in [0.4, 0.5) is 5.95 Å². The molecule has 0 aliphatic carbocycles. The normalized spacial score (nSPS) is 20.2. The van der Waals surface area contributed by atoms with Crippen molar-refractivity contribution in [3.8, 4) is 17.1 Å². The van der Waals surface area contributed by atoms with Crippen molar-refractivity contribution < 1.29 is 20.1 Å². The summed E-state index contributed by atoms with van der Waals surface area (Å²) in [6, 6.07) is 23.8. The molecule has 1 aromatic heterocycles. The van der Waals surface area contributed by atoms with E-state index in [2.05, 4.69) is 28.5 Å². The Hall–Kier alpha value is -3.92. The molecule has 2 aliphatic heterocycles. The van der Waals surface area contributed by atoms with E-state index in [0.717, 1.165) is 22.3 Å². The average molecular weight is 559 g/mol. The van der Waals surface area contributed by atoms with Crippen LogP contribution in [-0.4, -0.2) is 35.9 Å². The number of benzene rings is 3.